The first-order chi connectivity index (χ1) is 19.5. The summed E-state index contributed by atoms with van der Waals surface area (Å²) in [6.45, 7) is 9.19. The number of aryl methyl sites for hydroxylation is 4. The fourth-order valence-corrected chi connectivity index (χ4v) is 6.85. The summed E-state index contributed by atoms with van der Waals surface area (Å²) in [5.74, 6) is 0. The molecule has 5 rings (SSSR count). The monoisotopic (exact) mass is 528 g/mol. The molecule has 4 aromatic rings. The molecule has 1 aliphatic rings. The second-order valence-corrected chi connectivity index (χ2v) is 12.3. The number of rotatable bonds is 8. The van der Waals surface area contributed by atoms with Gasteiger partial charge in [0.05, 0.1) is 0 Å². The minimum absolute atomic E-state index is 1.01. The van der Waals surface area contributed by atoms with Crippen LogP contribution in [0.5, 0.6) is 0 Å². The predicted molar refractivity (Wildman–Crippen MR) is 173 cm³/mol. The zero-order valence-corrected chi connectivity index (χ0v) is 25.4. The van der Waals surface area contributed by atoms with Crippen molar-refractivity contribution >= 4 is 0 Å². The molecule has 0 aromatic heterocycles. The van der Waals surface area contributed by atoms with Gasteiger partial charge in [0.1, 0.15) is 0 Å². The van der Waals surface area contributed by atoms with Crippen molar-refractivity contribution in [3.8, 4) is 0 Å². The molecule has 0 nitrogen and oxygen atoms in total. The Kier molecular flexibility index (Phi) is 9.58. The summed E-state index contributed by atoms with van der Waals surface area (Å²) in [6.07, 6.45) is 13.4. The van der Waals surface area contributed by atoms with Gasteiger partial charge in [-0.1, -0.05) is 126 Å². The molecular formula is C40H48. The minimum atomic E-state index is 1.01. The standard InChI is InChI=1S/C40H48/c1-5-9-29-13-33-21-34(14-29)26-36-16-31(11-7-3)18-38(23-36)28-40-20-32(12-8-4)19-39(24-40)27-37-17-30(10-6-2)15-35(22-37)25-33/h13-24H,5-12,25-28H2,1-4H3. The Labute approximate surface area is 243 Å². The third-order valence-corrected chi connectivity index (χ3v) is 8.24. The number of hydrogen-bond donors (Lipinski definition) is 0. The van der Waals surface area contributed by atoms with Gasteiger partial charge in [0.15, 0.2) is 0 Å². The molecule has 0 amide bonds. The molecule has 0 spiro atoms. The lowest BCUT2D eigenvalue weighted by Gasteiger charge is -2.16. The molecule has 0 fully saturated rings. The quantitative estimate of drug-likeness (QED) is 0.188. The zero-order valence-electron chi connectivity index (χ0n) is 25.4. The second kappa shape index (κ2) is 13.5. The maximum absolute atomic E-state index is 2.49. The molecule has 0 aliphatic heterocycles. The first-order valence-corrected chi connectivity index (χ1v) is 16.0. The summed E-state index contributed by atoms with van der Waals surface area (Å²) in [5.41, 5.74) is 17.7. The molecule has 0 radical (unpaired) electrons. The normalized spacial score (nSPS) is 12.9. The van der Waals surface area contributed by atoms with Crippen molar-refractivity contribution in [1.29, 1.82) is 0 Å². The summed E-state index contributed by atoms with van der Waals surface area (Å²) in [7, 11) is 0. The van der Waals surface area contributed by atoms with Crippen molar-refractivity contribution in [3.05, 3.63) is 140 Å². The molecular weight excluding hydrogens is 480 g/mol. The Morgan fingerprint density at radius 1 is 0.300 bits per heavy atom. The van der Waals surface area contributed by atoms with Gasteiger partial charge in [-0.25, -0.2) is 0 Å². The topological polar surface area (TPSA) is 0 Å². The first kappa shape index (κ1) is 28.4. The molecule has 0 heterocycles. The van der Waals surface area contributed by atoms with Gasteiger partial charge >= 0.3 is 0 Å². The molecule has 4 aromatic carbocycles. The molecule has 208 valence electrons. The van der Waals surface area contributed by atoms with E-state index in [1.54, 1.807) is 0 Å². The van der Waals surface area contributed by atoms with E-state index < -0.39 is 0 Å². The SMILES string of the molecule is CCCc1cc2cc(c1)Cc1cc(CCC)cc(c1)Cc1cc(CCC)cc(c1)Cc1cc(CCC)cc(c1)C2. The first-order valence-electron chi connectivity index (χ1n) is 16.0. The lowest BCUT2D eigenvalue weighted by molar-refractivity contribution is 0.903. The Morgan fingerprint density at radius 2 is 0.475 bits per heavy atom. The van der Waals surface area contributed by atoms with Gasteiger partial charge in [0.25, 0.3) is 0 Å². The summed E-state index contributed by atoms with van der Waals surface area (Å²) in [6, 6.07) is 29.7. The average Bonchev–Trinajstić information content (AvgIpc) is 2.88. The van der Waals surface area contributed by atoms with Crippen LogP contribution in [-0.4, -0.2) is 0 Å². The molecule has 0 saturated carbocycles. The largest absolute Gasteiger partial charge is 0.0651 e. The van der Waals surface area contributed by atoms with Crippen LogP contribution in [0.25, 0.3) is 0 Å². The van der Waals surface area contributed by atoms with E-state index in [1.165, 1.54) is 92.4 Å². The van der Waals surface area contributed by atoms with E-state index in [9.17, 15) is 0 Å². The van der Waals surface area contributed by atoms with E-state index in [-0.39, 0.29) is 0 Å². The number of fused-ring (bicyclic) bond motifs is 8. The zero-order chi connectivity index (χ0) is 27.9. The van der Waals surface area contributed by atoms with Crippen LogP contribution in [0.15, 0.2) is 72.8 Å². The predicted octanol–water partition coefficient (Wildman–Crippen LogP) is 10.2. The highest BCUT2D eigenvalue weighted by Crippen LogP contribution is 2.26. The Hall–Kier alpha value is -3.12. The Balaban J connectivity index is 1.66. The van der Waals surface area contributed by atoms with Gasteiger partial charge in [-0.3, -0.25) is 0 Å². The van der Waals surface area contributed by atoms with Gasteiger partial charge in [-0.2, -0.15) is 0 Å². The molecule has 0 heteroatoms. The lowest BCUT2D eigenvalue weighted by Crippen LogP contribution is -2.02. The van der Waals surface area contributed by atoms with Crippen LogP contribution in [-0.2, 0) is 51.4 Å². The van der Waals surface area contributed by atoms with Crippen molar-refractivity contribution < 1.29 is 0 Å². The lowest BCUT2D eigenvalue weighted by atomic mass is 9.89. The molecule has 0 atom stereocenters. The maximum atomic E-state index is 2.49. The van der Waals surface area contributed by atoms with Crippen LogP contribution in [0, 0.1) is 0 Å². The highest BCUT2D eigenvalue weighted by Gasteiger charge is 2.11. The van der Waals surface area contributed by atoms with Crippen molar-refractivity contribution in [2.45, 2.75) is 105 Å². The van der Waals surface area contributed by atoms with Crippen LogP contribution in [0.3, 0.4) is 0 Å². The van der Waals surface area contributed by atoms with Crippen molar-refractivity contribution in [1.82, 2.24) is 0 Å². The van der Waals surface area contributed by atoms with Crippen LogP contribution < -0.4 is 0 Å². The second-order valence-electron chi connectivity index (χ2n) is 12.3. The summed E-state index contributed by atoms with van der Waals surface area (Å²) in [4.78, 5) is 0. The van der Waals surface area contributed by atoms with Crippen molar-refractivity contribution in [3.63, 3.8) is 0 Å². The van der Waals surface area contributed by atoms with Gasteiger partial charge in [0.2, 0.25) is 0 Å². The van der Waals surface area contributed by atoms with E-state index in [1.807, 2.05) is 0 Å². The summed E-state index contributed by atoms with van der Waals surface area (Å²) >= 11 is 0. The van der Waals surface area contributed by atoms with Gasteiger partial charge in [-0.15, -0.1) is 0 Å². The molecule has 0 saturated heterocycles. The highest BCUT2D eigenvalue weighted by atomic mass is 14.2. The molecule has 40 heavy (non-hydrogen) atoms. The van der Waals surface area contributed by atoms with Gasteiger partial charge in [-0.05, 0) is 118 Å². The minimum Gasteiger partial charge on any atom is -0.0651 e. The van der Waals surface area contributed by atoms with E-state index >= 15 is 0 Å². The Morgan fingerprint density at radius 3 is 0.625 bits per heavy atom. The number of benzene rings is 4. The fraction of sp³-hybridized carbons (Fsp3) is 0.400. The van der Waals surface area contributed by atoms with E-state index in [4.69, 9.17) is 0 Å². The maximum Gasteiger partial charge on any atom is -0.00254 e. The van der Waals surface area contributed by atoms with E-state index in [0.29, 0.717) is 0 Å². The molecule has 0 N–H and O–H groups in total. The smallest absolute Gasteiger partial charge is 0.00254 e. The third kappa shape index (κ3) is 7.54. The van der Waals surface area contributed by atoms with Gasteiger partial charge in [0, 0.05) is 0 Å². The molecule has 0 unspecified atom stereocenters. The van der Waals surface area contributed by atoms with Crippen LogP contribution in [0.1, 0.15) is 120 Å². The third-order valence-electron chi connectivity index (χ3n) is 8.24. The molecule has 8 bridgehead atoms. The Bertz CT molecular complexity index is 1130. The molecule has 1 aliphatic carbocycles. The van der Waals surface area contributed by atoms with Crippen molar-refractivity contribution in [2.24, 2.45) is 0 Å². The summed E-state index contributed by atoms with van der Waals surface area (Å²) in [5, 5.41) is 0. The fourth-order valence-electron chi connectivity index (χ4n) is 6.85. The van der Waals surface area contributed by atoms with Crippen molar-refractivity contribution in [2.75, 3.05) is 0 Å². The van der Waals surface area contributed by atoms with E-state index in [2.05, 4.69) is 100 Å². The van der Waals surface area contributed by atoms with E-state index in [0.717, 1.165) is 51.4 Å². The van der Waals surface area contributed by atoms with Gasteiger partial charge < -0.3 is 0 Å². The van der Waals surface area contributed by atoms with Crippen LogP contribution >= 0.6 is 0 Å². The van der Waals surface area contributed by atoms with Crippen LogP contribution in [0.4, 0.5) is 0 Å². The highest BCUT2D eigenvalue weighted by molar-refractivity contribution is 5.44. The summed E-state index contributed by atoms with van der Waals surface area (Å²) < 4.78 is 0. The average molecular weight is 529 g/mol. The van der Waals surface area contributed by atoms with Crippen LogP contribution in [0.2, 0.25) is 0 Å². The number of hydrogen-bond acceptors (Lipinski definition) is 0.